The molecular weight excluding hydrogens is 184 g/mol. The van der Waals surface area contributed by atoms with Crippen LogP contribution >= 0.6 is 11.3 Å². The summed E-state index contributed by atoms with van der Waals surface area (Å²) < 4.78 is 0. The molecule has 1 fully saturated rings. The molecule has 1 saturated heterocycles. The average Bonchev–Trinajstić information content (AvgIpc) is 2.57. The predicted octanol–water partition coefficient (Wildman–Crippen LogP) is 1.31. The van der Waals surface area contributed by atoms with Crippen molar-refractivity contribution in [3.8, 4) is 0 Å². The van der Waals surface area contributed by atoms with Crippen molar-refractivity contribution >= 4 is 17.1 Å². The minimum Gasteiger partial charge on any atom is -0.298 e. The minimum absolute atomic E-state index is 0.362. The van der Waals surface area contributed by atoms with Crippen molar-refractivity contribution in [1.82, 2.24) is 9.88 Å². The maximum Gasteiger partial charge on any atom is 0.146 e. The number of hydrogen-bond donors (Lipinski definition) is 0. The molecule has 0 bridgehead atoms. The number of hydrogen-bond acceptors (Lipinski definition) is 4. The highest BCUT2D eigenvalue weighted by Gasteiger charge is 2.16. The van der Waals surface area contributed by atoms with Crippen LogP contribution in [0.25, 0.3) is 0 Å². The Bertz CT molecular complexity index is 284. The zero-order chi connectivity index (χ0) is 9.10. The Kier molecular flexibility index (Phi) is 2.71. The molecule has 2 heterocycles. The normalized spacial score (nSPS) is 19.2. The van der Waals surface area contributed by atoms with Crippen LogP contribution in [0.3, 0.4) is 0 Å². The van der Waals surface area contributed by atoms with Crippen molar-refractivity contribution in [1.29, 1.82) is 0 Å². The van der Waals surface area contributed by atoms with Crippen molar-refractivity contribution in [2.45, 2.75) is 19.4 Å². The standard InChI is InChI=1S/C9H12N2OS/c12-9-2-1-3-11(5-9)4-8-6-13-7-10-8/h6-7H,1-5H2. The Balaban J connectivity index is 1.91. The van der Waals surface area contributed by atoms with E-state index in [1.807, 2.05) is 10.9 Å². The molecule has 1 aromatic rings. The SMILES string of the molecule is O=C1CCCN(Cc2cscn2)C1. The molecule has 0 radical (unpaired) electrons. The zero-order valence-corrected chi connectivity index (χ0v) is 8.22. The van der Waals surface area contributed by atoms with Crippen molar-refractivity contribution in [2.24, 2.45) is 0 Å². The fourth-order valence-electron chi connectivity index (χ4n) is 1.59. The van der Waals surface area contributed by atoms with Crippen LogP contribution in [-0.4, -0.2) is 28.8 Å². The molecule has 2 rings (SSSR count). The Morgan fingerprint density at radius 2 is 2.54 bits per heavy atom. The molecule has 0 aliphatic carbocycles. The lowest BCUT2D eigenvalue weighted by atomic mass is 10.1. The maximum absolute atomic E-state index is 11.1. The molecular formula is C9H12N2OS. The highest BCUT2D eigenvalue weighted by molar-refractivity contribution is 7.07. The summed E-state index contributed by atoms with van der Waals surface area (Å²) in [6.45, 7) is 2.47. The topological polar surface area (TPSA) is 33.2 Å². The van der Waals surface area contributed by atoms with E-state index in [0.29, 0.717) is 12.3 Å². The van der Waals surface area contributed by atoms with Gasteiger partial charge in [0.15, 0.2) is 0 Å². The number of Topliss-reactive ketones (excluding diaryl/α,β-unsaturated/α-hetero) is 1. The van der Waals surface area contributed by atoms with Crippen LogP contribution in [0.5, 0.6) is 0 Å². The molecule has 4 heteroatoms. The summed E-state index contributed by atoms with van der Waals surface area (Å²) in [4.78, 5) is 17.5. The van der Waals surface area contributed by atoms with Crippen molar-refractivity contribution in [3.05, 3.63) is 16.6 Å². The third kappa shape index (κ3) is 2.35. The van der Waals surface area contributed by atoms with E-state index in [2.05, 4.69) is 9.88 Å². The molecule has 0 unspecified atom stereocenters. The van der Waals surface area contributed by atoms with Gasteiger partial charge < -0.3 is 0 Å². The van der Waals surface area contributed by atoms with Crippen LogP contribution in [0.1, 0.15) is 18.5 Å². The van der Waals surface area contributed by atoms with Crippen molar-refractivity contribution in [3.63, 3.8) is 0 Å². The number of carbonyl (C=O) groups excluding carboxylic acids is 1. The monoisotopic (exact) mass is 196 g/mol. The third-order valence-electron chi connectivity index (χ3n) is 2.20. The number of likely N-dealkylation sites (tertiary alicyclic amines) is 1. The van der Waals surface area contributed by atoms with Gasteiger partial charge in [0.2, 0.25) is 0 Å². The summed E-state index contributed by atoms with van der Waals surface area (Å²) in [5.74, 6) is 0.362. The summed E-state index contributed by atoms with van der Waals surface area (Å²) in [6, 6.07) is 0. The highest BCUT2D eigenvalue weighted by Crippen LogP contribution is 2.10. The molecule has 1 aromatic heterocycles. The Morgan fingerprint density at radius 3 is 3.23 bits per heavy atom. The Hall–Kier alpha value is -0.740. The Morgan fingerprint density at radius 1 is 1.62 bits per heavy atom. The number of ketones is 1. The largest absolute Gasteiger partial charge is 0.298 e. The fraction of sp³-hybridized carbons (Fsp3) is 0.556. The first-order chi connectivity index (χ1) is 6.34. The summed E-state index contributed by atoms with van der Waals surface area (Å²) in [7, 11) is 0. The molecule has 70 valence electrons. The number of piperidine rings is 1. The molecule has 13 heavy (non-hydrogen) atoms. The number of aromatic nitrogens is 1. The quantitative estimate of drug-likeness (QED) is 0.715. The third-order valence-corrected chi connectivity index (χ3v) is 2.83. The summed E-state index contributed by atoms with van der Waals surface area (Å²) in [5, 5.41) is 2.04. The van der Waals surface area contributed by atoms with Gasteiger partial charge in [-0.1, -0.05) is 0 Å². The van der Waals surface area contributed by atoms with Crippen molar-refractivity contribution in [2.75, 3.05) is 13.1 Å². The summed E-state index contributed by atoms with van der Waals surface area (Å²) in [6.07, 6.45) is 1.76. The van der Waals surface area contributed by atoms with Crippen LogP contribution < -0.4 is 0 Å². The molecule has 0 aromatic carbocycles. The van der Waals surface area contributed by atoms with Gasteiger partial charge in [-0.2, -0.15) is 0 Å². The van der Waals surface area contributed by atoms with Crippen LogP contribution in [0.4, 0.5) is 0 Å². The van der Waals surface area contributed by atoms with E-state index in [4.69, 9.17) is 0 Å². The lowest BCUT2D eigenvalue weighted by Gasteiger charge is -2.24. The molecule has 0 spiro atoms. The molecule has 0 amide bonds. The molecule has 0 atom stereocenters. The maximum atomic E-state index is 11.1. The van der Waals surface area contributed by atoms with Crippen LogP contribution in [0, 0.1) is 0 Å². The Labute approximate surface area is 81.4 Å². The highest BCUT2D eigenvalue weighted by atomic mass is 32.1. The summed E-state index contributed by atoms with van der Waals surface area (Å²) >= 11 is 1.61. The first kappa shape index (κ1) is 8.84. The first-order valence-corrected chi connectivity index (χ1v) is 5.40. The smallest absolute Gasteiger partial charge is 0.146 e. The van der Waals surface area contributed by atoms with E-state index in [-0.39, 0.29) is 0 Å². The van der Waals surface area contributed by atoms with Gasteiger partial charge in [-0.15, -0.1) is 11.3 Å². The molecule has 0 saturated carbocycles. The van der Waals surface area contributed by atoms with E-state index in [1.54, 1.807) is 11.3 Å². The van der Waals surface area contributed by atoms with Gasteiger partial charge in [0, 0.05) is 18.3 Å². The molecule has 3 nitrogen and oxygen atoms in total. The van der Waals surface area contributed by atoms with E-state index < -0.39 is 0 Å². The molecule has 1 aliphatic heterocycles. The molecule has 1 aliphatic rings. The van der Waals surface area contributed by atoms with Gasteiger partial charge in [-0.3, -0.25) is 9.69 Å². The van der Waals surface area contributed by atoms with Crippen LogP contribution in [0.15, 0.2) is 10.9 Å². The van der Waals surface area contributed by atoms with E-state index in [1.165, 1.54) is 0 Å². The van der Waals surface area contributed by atoms with Gasteiger partial charge in [-0.25, -0.2) is 4.98 Å². The van der Waals surface area contributed by atoms with Gasteiger partial charge in [0.05, 0.1) is 17.7 Å². The van der Waals surface area contributed by atoms with Crippen LogP contribution in [-0.2, 0) is 11.3 Å². The van der Waals surface area contributed by atoms with E-state index >= 15 is 0 Å². The second-order valence-electron chi connectivity index (χ2n) is 3.33. The number of carbonyl (C=O) groups is 1. The summed E-state index contributed by atoms with van der Waals surface area (Å²) in [5.41, 5.74) is 2.92. The van der Waals surface area contributed by atoms with Crippen LogP contribution in [0.2, 0.25) is 0 Å². The lowest BCUT2D eigenvalue weighted by Crippen LogP contribution is -2.35. The van der Waals surface area contributed by atoms with Gasteiger partial charge in [0.25, 0.3) is 0 Å². The van der Waals surface area contributed by atoms with Gasteiger partial charge in [0.1, 0.15) is 5.78 Å². The number of thiazole rings is 1. The zero-order valence-electron chi connectivity index (χ0n) is 7.40. The van der Waals surface area contributed by atoms with Gasteiger partial charge in [-0.05, 0) is 13.0 Å². The lowest BCUT2D eigenvalue weighted by molar-refractivity contribution is -0.122. The fourth-order valence-corrected chi connectivity index (χ4v) is 2.14. The van der Waals surface area contributed by atoms with E-state index in [0.717, 1.165) is 31.6 Å². The number of rotatable bonds is 2. The second kappa shape index (κ2) is 3.98. The average molecular weight is 196 g/mol. The first-order valence-electron chi connectivity index (χ1n) is 4.46. The predicted molar refractivity (Wildman–Crippen MR) is 51.6 cm³/mol. The van der Waals surface area contributed by atoms with Gasteiger partial charge >= 0.3 is 0 Å². The molecule has 0 N–H and O–H groups in total. The number of nitrogens with zero attached hydrogens (tertiary/aromatic N) is 2. The minimum atomic E-state index is 0.362. The van der Waals surface area contributed by atoms with Crippen molar-refractivity contribution < 1.29 is 4.79 Å². The second-order valence-corrected chi connectivity index (χ2v) is 4.05. The van der Waals surface area contributed by atoms with E-state index in [9.17, 15) is 4.79 Å².